The Labute approximate surface area is 75.3 Å². The average molecular weight is 179 g/mol. The van der Waals surface area contributed by atoms with Crippen molar-refractivity contribution in [3.05, 3.63) is 52.2 Å². The first-order valence-electron chi connectivity index (χ1n) is 3.77. The highest BCUT2D eigenvalue weighted by molar-refractivity contribution is 5.33. The molecule has 4 heteroatoms. The Morgan fingerprint density at radius 1 is 1.46 bits per heavy atom. The maximum Gasteiger partial charge on any atom is 0.230 e. The van der Waals surface area contributed by atoms with E-state index in [1.165, 1.54) is 6.08 Å². The lowest BCUT2D eigenvalue weighted by atomic mass is 10.1. The van der Waals surface area contributed by atoms with Crippen molar-refractivity contribution in [3.63, 3.8) is 0 Å². The van der Waals surface area contributed by atoms with Gasteiger partial charge >= 0.3 is 0 Å². The maximum atomic E-state index is 9.93. The smallest absolute Gasteiger partial charge is 0.230 e. The summed E-state index contributed by atoms with van der Waals surface area (Å²) in [4.78, 5) is 9.40. The summed E-state index contributed by atoms with van der Waals surface area (Å²) in [5, 5.41) is 19.2. The summed E-state index contributed by atoms with van der Waals surface area (Å²) in [6.07, 6.45) is 2.63. The first-order valence-corrected chi connectivity index (χ1v) is 3.77. The average Bonchev–Trinajstić information content (AvgIpc) is 2.08. The second-order valence-electron chi connectivity index (χ2n) is 2.50. The Bertz CT molecular complexity index is 333. The molecule has 1 aromatic rings. The highest BCUT2D eigenvalue weighted by Crippen LogP contribution is 2.15. The van der Waals surface area contributed by atoms with Gasteiger partial charge in [-0.05, 0) is 17.7 Å². The van der Waals surface area contributed by atoms with E-state index in [4.69, 9.17) is 0 Å². The lowest BCUT2D eigenvalue weighted by Crippen LogP contribution is -1.85. The van der Waals surface area contributed by atoms with Gasteiger partial charge < -0.3 is 5.11 Å². The van der Waals surface area contributed by atoms with Crippen LogP contribution in [-0.2, 0) is 6.42 Å². The molecule has 1 aromatic carbocycles. The molecule has 0 fully saturated rings. The Kier molecular flexibility index (Phi) is 3.03. The third-order valence-electron chi connectivity index (χ3n) is 1.56. The topological polar surface area (TPSA) is 63.4 Å². The Morgan fingerprint density at radius 3 is 2.77 bits per heavy atom. The molecule has 4 nitrogen and oxygen atoms in total. The number of rotatable bonds is 3. The highest BCUT2D eigenvalue weighted by Gasteiger charge is 1.96. The first-order chi connectivity index (χ1) is 6.20. The lowest BCUT2D eigenvalue weighted by molar-refractivity contribution is -0.402. The number of aromatic hydroxyl groups is 1. The van der Waals surface area contributed by atoms with Gasteiger partial charge in [-0.3, -0.25) is 10.1 Å². The van der Waals surface area contributed by atoms with Crippen molar-refractivity contribution in [1.82, 2.24) is 0 Å². The predicted octanol–water partition coefficient (Wildman–Crippen LogP) is 1.73. The molecule has 1 rings (SSSR count). The first kappa shape index (κ1) is 9.25. The molecular formula is C9H9NO3. The standard InChI is InChI=1S/C9H9NO3/c11-9-6-2-1-4-8(9)5-3-7-10(12)13/h1-4,6-7,11H,5H2. The van der Waals surface area contributed by atoms with Crippen LogP contribution in [-0.4, -0.2) is 10.0 Å². The maximum absolute atomic E-state index is 9.93. The van der Waals surface area contributed by atoms with Gasteiger partial charge in [0, 0.05) is 6.42 Å². The van der Waals surface area contributed by atoms with E-state index < -0.39 is 4.92 Å². The summed E-state index contributed by atoms with van der Waals surface area (Å²) in [5.41, 5.74) is 0.681. The molecule has 0 heterocycles. The van der Waals surface area contributed by atoms with Crippen molar-refractivity contribution < 1.29 is 10.0 Å². The van der Waals surface area contributed by atoms with E-state index in [1.807, 2.05) is 0 Å². The van der Waals surface area contributed by atoms with E-state index in [1.54, 1.807) is 24.3 Å². The molecule has 0 unspecified atom stereocenters. The largest absolute Gasteiger partial charge is 0.508 e. The zero-order valence-corrected chi connectivity index (χ0v) is 6.88. The summed E-state index contributed by atoms with van der Waals surface area (Å²) in [6, 6.07) is 6.75. The van der Waals surface area contributed by atoms with Crippen molar-refractivity contribution in [2.45, 2.75) is 6.42 Å². The highest BCUT2D eigenvalue weighted by atomic mass is 16.6. The van der Waals surface area contributed by atoms with E-state index in [0.29, 0.717) is 12.0 Å². The number of allylic oxidation sites excluding steroid dienone is 1. The van der Waals surface area contributed by atoms with Crippen LogP contribution in [0.25, 0.3) is 0 Å². The Hall–Kier alpha value is -1.84. The summed E-state index contributed by atoms with van der Waals surface area (Å²) in [6.45, 7) is 0. The second-order valence-corrected chi connectivity index (χ2v) is 2.50. The van der Waals surface area contributed by atoms with Crippen molar-refractivity contribution in [2.24, 2.45) is 0 Å². The van der Waals surface area contributed by atoms with Crippen LogP contribution in [0.15, 0.2) is 36.5 Å². The van der Waals surface area contributed by atoms with Gasteiger partial charge in [0.05, 0.1) is 4.92 Å². The predicted molar refractivity (Wildman–Crippen MR) is 47.9 cm³/mol. The van der Waals surface area contributed by atoms with Crippen LogP contribution in [0.2, 0.25) is 0 Å². The molecule has 0 aliphatic rings. The molecule has 0 saturated carbocycles. The van der Waals surface area contributed by atoms with Gasteiger partial charge in [-0.1, -0.05) is 18.2 Å². The van der Waals surface area contributed by atoms with Crippen molar-refractivity contribution >= 4 is 0 Å². The number of benzene rings is 1. The summed E-state index contributed by atoms with van der Waals surface area (Å²) in [7, 11) is 0. The summed E-state index contributed by atoms with van der Waals surface area (Å²) in [5.74, 6) is 0.162. The zero-order valence-electron chi connectivity index (χ0n) is 6.88. The molecule has 0 aliphatic carbocycles. The molecule has 0 bridgehead atoms. The third-order valence-corrected chi connectivity index (χ3v) is 1.56. The fourth-order valence-corrected chi connectivity index (χ4v) is 0.949. The van der Waals surface area contributed by atoms with Crippen molar-refractivity contribution in [3.8, 4) is 5.75 Å². The van der Waals surface area contributed by atoms with E-state index in [-0.39, 0.29) is 5.75 Å². The molecule has 0 saturated heterocycles. The quantitative estimate of drug-likeness (QED) is 0.567. The van der Waals surface area contributed by atoms with Crippen LogP contribution < -0.4 is 0 Å². The minimum absolute atomic E-state index is 0.162. The minimum Gasteiger partial charge on any atom is -0.508 e. The molecule has 0 aromatic heterocycles. The van der Waals surface area contributed by atoms with Crippen molar-refractivity contribution in [1.29, 1.82) is 0 Å². The molecule has 0 radical (unpaired) electrons. The Balaban J connectivity index is 2.64. The summed E-state index contributed by atoms with van der Waals surface area (Å²) < 4.78 is 0. The van der Waals surface area contributed by atoms with E-state index >= 15 is 0 Å². The normalized spacial score (nSPS) is 10.5. The van der Waals surface area contributed by atoms with Gasteiger partial charge in [0.1, 0.15) is 5.75 Å². The number of phenols is 1. The molecule has 68 valence electrons. The van der Waals surface area contributed by atoms with Gasteiger partial charge in [0.2, 0.25) is 6.20 Å². The monoisotopic (exact) mass is 179 g/mol. The van der Waals surface area contributed by atoms with E-state index in [0.717, 1.165) is 6.20 Å². The van der Waals surface area contributed by atoms with Crippen molar-refractivity contribution in [2.75, 3.05) is 0 Å². The number of phenolic OH excluding ortho intramolecular Hbond substituents is 1. The molecule has 0 atom stereocenters. The van der Waals surface area contributed by atoms with Gasteiger partial charge in [-0.15, -0.1) is 0 Å². The number of para-hydroxylation sites is 1. The van der Waals surface area contributed by atoms with E-state index in [9.17, 15) is 15.2 Å². The van der Waals surface area contributed by atoms with Gasteiger partial charge in [0.15, 0.2) is 0 Å². The number of nitro groups is 1. The van der Waals surface area contributed by atoms with Gasteiger partial charge in [-0.25, -0.2) is 0 Å². The van der Waals surface area contributed by atoms with Gasteiger partial charge in [0.25, 0.3) is 0 Å². The van der Waals surface area contributed by atoms with Crippen LogP contribution >= 0.6 is 0 Å². The third kappa shape index (κ3) is 2.94. The molecule has 1 N–H and O–H groups in total. The van der Waals surface area contributed by atoms with Crippen LogP contribution in [0.4, 0.5) is 0 Å². The fourth-order valence-electron chi connectivity index (χ4n) is 0.949. The zero-order chi connectivity index (χ0) is 9.68. The molecule has 13 heavy (non-hydrogen) atoms. The molecule has 0 amide bonds. The fraction of sp³-hybridized carbons (Fsp3) is 0.111. The number of hydrogen-bond acceptors (Lipinski definition) is 3. The van der Waals surface area contributed by atoms with Crippen LogP contribution in [0, 0.1) is 10.1 Å². The van der Waals surface area contributed by atoms with E-state index in [2.05, 4.69) is 0 Å². The lowest BCUT2D eigenvalue weighted by Gasteiger charge is -1.97. The minimum atomic E-state index is -0.528. The van der Waals surface area contributed by atoms with Crippen LogP contribution in [0.3, 0.4) is 0 Å². The molecular weight excluding hydrogens is 170 g/mol. The number of nitrogens with zero attached hydrogens (tertiary/aromatic N) is 1. The van der Waals surface area contributed by atoms with Gasteiger partial charge in [-0.2, -0.15) is 0 Å². The second kappa shape index (κ2) is 4.25. The number of hydrogen-bond donors (Lipinski definition) is 1. The van der Waals surface area contributed by atoms with Crippen LogP contribution in [0.1, 0.15) is 5.56 Å². The summed E-state index contributed by atoms with van der Waals surface area (Å²) >= 11 is 0. The van der Waals surface area contributed by atoms with Crippen LogP contribution in [0.5, 0.6) is 5.75 Å². The molecule has 0 spiro atoms. The SMILES string of the molecule is O=[N+]([O-])C=CCc1ccccc1O. The molecule has 0 aliphatic heterocycles. The Morgan fingerprint density at radius 2 is 2.15 bits per heavy atom.